The molecule has 0 fully saturated rings. The largest absolute Gasteiger partial charge is 0.497 e. The van der Waals surface area contributed by atoms with Crippen LogP contribution in [0.25, 0.3) is 0 Å². The summed E-state index contributed by atoms with van der Waals surface area (Å²) < 4.78 is 5.10. The molecule has 0 aliphatic rings. The number of rotatable bonds is 4. The number of hydrogen-bond donors (Lipinski definition) is 1. The van der Waals surface area contributed by atoms with Crippen LogP contribution in [0.2, 0.25) is 5.02 Å². The zero-order valence-electron chi connectivity index (χ0n) is 10.8. The quantitative estimate of drug-likeness (QED) is 0.694. The highest BCUT2D eigenvalue weighted by Crippen LogP contribution is 2.11. The Hall–Kier alpha value is -2.33. The minimum absolute atomic E-state index is 0.313. The number of nitrogens with one attached hydrogen (secondary N) is 1. The summed E-state index contributed by atoms with van der Waals surface area (Å²) in [5, 5.41) is 4.41. The second kappa shape index (κ2) is 6.73. The molecule has 0 bridgehead atoms. The van der Waals surface area contributed by atoms with Gasteiger partial charge in [0.25, 0.3) is 5.91 Å². The Balaban J connectivity index is 2.00. The number of carbonyl (C=O) groups is 1. The van der Waals surface area contributed by atoms with Crippen molar-refractivity contribution in [2.75, 3.05) is 7.11 Å². The third-order valence-corrected chi connectivity index (χ3v) is 2.80. The van der Waals surface area contributed by atoms with E-state index in [1.165, 1.54) is 0 Å². The molecule has 4 nitrogen and oxygen atoms in total. The summed E-state index contributed by atoms with van der Waals surface area (Å²) in [4.78, 5) is 11.8. The van der Waals surface area contributed by atoms with Gasteiger partial charge in [0.2, 0.25) is 0 Å². The van der Waals surface area contributed by atoms with Gasteiger partial charge >= 0.3 is 0 Å². The SMILES string of the molecule is COc1cccc(/C=N\NC(=O)c2cccc(Cl)c2)c1. The fraction of sp³-hybridized carbons (Fsp3) is 0.0667. The van der Waals surface area contributed by atoms with Gasteiger partial charge in [-0.2, -0.15) is 5.10 Å². The molecule has 0 atom stereocenters. The molecule has 0 radical (unpaired) electrons. The maximum Gasteiger partial charge on any atom is 0.271 e. The molecule has 102 valence electrons. The van der Waals surface area contributed by atoms with Gasteiger partial charge in [-0.15, -0.1) is 0 Å². The third kappa shape index (κ3) is 3.83. The fourth-order valence-corrected chi connectivity index (χ4v) is 1.77. The molecule has 1 N–H and O–H groups in total. The van der Waals surface area contributed by atoms with Crippen LogP contribution in [-0.4, -0.2) is 19.2 Å². The number of hydrazone groups is 1. The molecule has 0 aliphatic heterocycles. The second-order valence-corrected chi connectivity index (χ2v) is 4.42. The second-order valence-electron chi connectivity index (χ2n) is 3.99. The lowest BCUT2D eigenvalue weighted by molar-refractivity contribution is 0.0955. The van der Waals surface area contributed by atoms with Gasteiger partial charge in [-0.1, -0.05) is 29.8 Å². The smallest absolute Gasteiger partial charge is 0.271 e. The van der Waals surface area contributed by atoms with Crippen molar-refractivity contribution in [1.82, 2.24) is 5.43 Å². The summed E-state index contributed by atoms with van der Waals surface area (Å²) in [6.07, 6.45) is 1.55. The molecule has 0 aliphatic carbocycles. The van der Waals surface area contributed by atoms with Crippen molar-refractivity contribution < 1.29 is 9.53 Å². The summed E-state index contributed by atoms with van der Waals surface area (Å²) in [6.45, 7) is 0. The van der Waals surface area contributed by atoms with Crippen LogP contribution < -0.4 is 10.2 Å². The highest BCUT2D eigenvalue weighted by atomic mass is 35.5. The van der Waals surface area contributed by atoms with Gasteiger partial charge in [0.15, 0.2) is 0 Å². The van der Waals surface area contributed by atoms with E-state index in [-0.39, 0.29) is 5.91 Å². The first kappa shape index (κ1) is 14.1. The number of amides is 1. The first-order valence-corrected chi connectivity index (χ1v) is 6.30. The minimum Gasteiger partial charge on any atom is -0.497 e. The summed E-state index contributed by atoms with van der Waals surface area (Å²) in [5.41, 5.74) is 3.73. The lowest BCUT2D eigenvalue weighted by atomic mass is 10.2. The number of ether oxygens (including phenoxy) is 1. The van der Waals surface area contributed by atoms with Crippen LogP contribution in [0.15, 0.2) is 53.6 Å². The predicted octanol–water partition coefficient (Wildman–Crippen LogP) is 3.11. The Kier molecular flexibility index (Phi) is 4.74. The number of halogens is 1. The van der Waals surface area contributed by atoms with E-state index in [1.807, 2.05) is 24.3 Å². The van der Waals surface area contributed by atoms with Crippen molar-refractivity contribution in [3.8, 4) is 5.75 Å². The van der Waals surface area contributed by atoms with Crippen LogP contribution in [-0.2, 0) is 0 Å². The van der Waals surface area contributed by atoms with Crippen molar-refractivity contribution in [2.24, 2.45) is 5.10 Å². The molecule has 0 aromatic heterocycles. The molecule has 1 amide bonds. The lowest BCUT2D eigenvalue weighted by Gasteiger charge is -2.01. The molecule has 20 heavy (non-hydrogen) atoms. The fourth-order valence-electron chi connectivity index (χ4n) is 1.58. The Morgan fingerprint density at radius 3 is 2.80 bits per heavy atom. The summed E-state index contributed by atoms with van der Waals surface area (Å²) in [6, 6.07) is 14.0. The predicted molar refractivity (Wildman–Crippen MR) is 79.5 cm³/mol. The monoisotopic (exact) mass is 288 g/mol. The van der Waals surface area contributed by atoms with Gasteiger partial charge in [-0.25, -0.2) is 5.43 Å². The maximum atomic E-state index is 11.8. The normalized spacial score (nSPS) is 10.5. The summed E-state index contributed by atoms with van der Waals surface area (Å²) in [7, 11) is 1.59. The van der Waals surface area contributed by atoms with Crippen molar-refractivity contribution in [3.63, 3.8) is 0 Å². The van der Waals surface area contributed by atoms with Gasteiger partial charge in [0.1, 0.15) is 5.75 Å². The topological polar surface area (TPSA) is 50.7 Å². The van der Waals surface area contributed by atoms with Crippen LogP contribution >= 0.6 is 11.6 Å². The van der Waals surface area contributed by atoms with Gasteiger partial charge in [0.05, 0.1) is 13.3 Å². The van der Waals surface area contributed by atoms with Crippen LogP contribution in [0.1, 0.15) is 15.9 Å². The molecular formula is C15H13ClN2O2. The number of methoxy groups -OCH3 is 1. The van der Waals surface area contributed by atoms with Crippen LogP contribution in [0.4, 0.5) is 0 Å². The average molecular weight is 289 g/mol. The van der Waals surface area contributed by atoms with Crippen molar-refractivity contribution in [3.05, 3.63) is 64.7 Å². The standard InChI is InChI=1S/C15H13ClN2O2/c1-20-14-7-2-4-11(8-14)10-17-18-15(19)12-5-3-6-13(16)9-12/h2-10H,1H3,(H,18,19)/b17-10-. The van der Waals surface area contributed by atoms with Crippen molar-refractivity contribution in [2.45, 2.75) is 0 Å². The Labute approximate surface area is 122 Å². The molecule has 2 rings (SSSR count). The molecule has 0 spiro atoms. The van der Waals surface area contributed by atoms with Gasteiger partial charge in [0, 0.05) is 10.6 Å². The zero-order chi connectivity index (χ0) is 14.4. The molecule has 0 heterocycles. The van der Waals surface area contributed by atoms with Crippen molar-refractivity contribution >= 4 is 23.7 Å². The third-order valence-electron chi connectivity index (χ3n) is 2.56. The molecular weight excluding hydrogens is 276 g/mol. The van der Waals surface area contributed by atoms with E-state index in [0.29, 0.717) is 10.6 Å². The Morgan fingerprint density at radius 1 is 1.25 bits per heavy atom. The molecule has 2 aromatic rings. The van der Waals surface area contributed by atoms with E-state index in [4.69, 9.17) is 16.3 Å². The highest BCUT2D eigenvalue weighted by Gasteiger charge is 2.03. The first-order valence-electron chi connectivity index (χ1n) is 5.92. The molecule has 0 unspecified atom stereocenters. The molecule has 0 saturated carbocycles. The molecule has 5 heteroatoms. The van der Waals surface area contributed by atoms with E-state index in [0.717, 1.165) is 11.3 Å². The Morgan fingerprint density at radius 2 is 2.05 bits per heavy atom. The number of hydrogen-bond acceptors (Lipinski definition) is 3. The van der Waals surface area contributed by atoms with E-state index in [9.17, 15) is 4.79 Å². The van der Waals surface area contributed by atoms with E-state index in [1.54, 1.807) is 37.6 Å². The van der Waals surface area contributed by atoms with E-state index >= 15 is 0 Å². The first-order chi connectivity index (χ1) is 9.69. The Bertz CT molecular complexity index is 641. The summed E-state index contributed by atoms with van der Waals surface area (Å²) in [5.74, 6) is 0.418. The molecule has 0 saturated heterocycles. The maximum absolute atomic E-state index is 11.8. The number of carbonyl (C=O) groups excluding carboxylic acids is 1. The molecule has 2 aromatic carbocycles. The number of benzene rings is 2. The highest BCUT2D eigenvalue weighted by molar-refractivity contribution is 6.30. The lowest BCUT2D eigenvalue weighted by Crippen LogP contribution is -2.17. The van der Waals surface area contributed by atoms with Crippen LogP contribution in [0.5, 0.6) is 5.75 Å². The van der Waals surface area contributed by atoms with Crippen molar-refractivity contribution in [1.29, 1.82) is 0 Å². The number of nitrogens with zero attached hydrogens (tertiary/aromatic N) is 1. The van der Waals surface area contributed by atoms with E-state index in [2.05, 4.69) is 10.5 Å². The van der Waals surface area contributed by atoms with E-state index < -0.39 is 0 Å². The average Bonchev–Trinajstić information content (AvgIpc) is 2.47. The van der Waals surface area contributed by atoms with Gasteiger partial charge in [-0.3, -0.25) is 4.79 Å². The van der Waals surface area contributed by atoms with Crippen LogP contribution in [0, 0.1) is 0 Å². The zero-order valence-corrected chi connectivity index (χ0v) is 11.6. The van der Waals surface area contributed by atoms with Gasteiger partial charge in [-0.05, 0) is 35.9 Å². The minimum atomic E-state index is -0.313. The summed E-state index contributed by atoms with van der Waals surface area (Å²) >= 11 is 5.82. The van der Waals surface area contributed by atoms with Crippen LogP contribution in [0.3, 0.4) is 0 Å². The van der Waals surface area contributed by atoms with Gasteiger partial charge < -0.3 is 4.74 Å².